The molecule has 0 saturated carbocycles. The van der Waals surface area contributed by atoms with E-state index in [1.165, 1.54) is 0 Å². The number of ether oxygens (including phenoxy) is 1. The molecule has 0 amide bonds. The molecule has 6 heteroatoms. The van der Waals surface area contributed by atoms with Gasteiger partial charge in [-0.3, -0.25) is 9.69 Å². The van der Waals surface area contributed by atoms with Crippen molar-refractivity contribution in [2.75, 3.05) is 40.8 Å². The fraction of sp³-hybridized carbons (Fsp3) is 0.375. The minimum atomic E-state index is 0.119. The fourth-order valence-corrected chi connectivity index (χ4v) is 3.79. The maximum atomic E-state index is 13.3. The van der Waals surface area contributed by atoms with Crippen LogP contribution in [0.1, 0.15) is 22.5 Å². The zero-order chi connectivity index (χ0) is 21.7. The van der Waals surface area contributed by atoms with Crippen molar-refractivity contribution in [2.45, 2.75) is 13.0 Å². The van der Waals surface area contributed by atoms with E-state index in [-0.39, 0.29) is 5.78 Å². The summed E-state index contributed by atoms with van der Waals surface area (Å²) in [5.74, 6) is 0.845. The molecule has 0 bridgehead atoms. The zero-order valence-corrected chi connectivity index (χ0v) is 18.9. The molecular weight excluding hydrogens is 398 g/mol. The number of para-hydroxylation sites is 1. The Morgan fingerprint density at radius 3 is 2.43 bits per heavy atom. The van der Waals surface area contributed by atoms with Crippen LogP contribution in [0.2, 0.25) is 5.02 Å². The Labute approximate surface area is 183 Å². The van der Waals surface area contributed by atoms with Crippen LogP contribution >= 0.6 is 11.6 Å². The molecule has 0 fully saturated rings. The van der Waals surface area contributed by atoms with E-state index in [1.54, 1.807) is 12.1 Å². The predicted molar refractivity (Wildman–Crippen MR) is 124 cm³/mol. The summed E-state index contributed by atoms with van der Waals surface area (Å²) in [5, 5.41) is 1.64. The van der Waals surface area contributed by atoms with E-state index in [1.807, 2.05) is 50.5 Å². The second-order valence-electron chi connectivity index (χ2n) is 7.96. The van der Waals surface area contributed by atoms with E-state index in [4.69, 9.17) is 16.3 Å². The molecule has 1 aromatic heterocycles. The van der Waals surface area contributed by atoms with Gasteiger partial charge >= 0.3 is 0 Å². The van der Waals surface area contributed by atoms with Crippen LogP contribution in [0.5, 0.6) is 5.75 Å². The minimum Gasteiger partial charge on any atom is -0.487 e. The summed E-state index contributed by atoms with van der Waals surface area (Å²) in [4.78, 5) is 17.6. The molecule has 0 aliphatic carbocycles. The molecule has 0 aliphatic heterocycles. The van der Waals surface area contributed by atoms with Crippen molar-refractivity contribution >= 4 is 28.3 Å². The molecule has 0 radical (unpaired) electrons. The average molecular weight is 428 g/mol. The lowest BCUT2D eigenvalue weighted by molar-refractivity contribution is 0.0943. The standard InChI is InChI=1S/C24H30ClN3O2/c1-26(2)14-7-15-27(3)16-23(29)24-20-8-5-6-9-21(20)28(4)22(24)17-30-19-12-10-18(25)11-13-19/h5-6,8-13H,7,14-17H2,1-4H3. The van der Waals surface area contributed by atoms with Gasteiger partial charge in [0.25, 0.3) is 0 Å². The number of carbonyl (C=O) groups is 1. The normalized spacial score (nSPS) is 11.6. The van der Waals surface area contributed by atoms with E-state index < -0.39 is 0 Å². The molecular formula is C24H30ClN3O2. The highest BCUT2D eigenvalue weighted by molar-refractivity contribution is 6.30. The van der Waals surface area contributed by atoms with Gasteiger partial charge in [-0.1, -0.05) is 29.8 Å². The van der Waals surface area contributed by atoms with Crippen molar-refractivity contribution in [2.24, 2.45) is 7.05 Å². The number of hydrogen-bond acceptors (Lipinski definition) is 4. The minimum absolute atomic E-state index is 0.119. The number of benzene rings is 2. The van der Waals surface area contributed by atoms with Gasteiger partial charge in [0.15, 0.2) is 5.78 Å². The lowest BCUT2D eigenvalue weighted by Gasteiger charge is -2.18. The molecule has 30 heavy (non-hydrogen) atoms. The third kappa shape index (κ3) is 5.42. The number of fused-ring (bicyclic) bond motifs is 1. The van der Waals surface area contributed by atoms with Crippen LogP contribution in [0.3, 0.4) is 0 Å². The molecule has 2 aromatic carbocycles. The summed E-state index contributed by atoms with van der Waals surface area (Å²) < 4.78 is 8.05. The Morgan fingerprint density at radius 1 is 1.03 bits per heavy atom. The SMILES string of the molecule is CN(C)CCCN(C)CC(=O)c1c(COc2ccc(Cl)cc2)n(C)c2ccccc12. The number of aromatic nitrogens is 1. The van der Waals surface area contributed by atoms with Crippen molar-refractivity contribution in [3.63, 3.8) is 0 Å². The van der Waals surface area contributed by atoms with Crippen LogP contribution in [0.15, 0.2) is 48.5 Å². The maximum Gasteiger partial charge on any atom is 0.179 e. The van der Waals surface area contributed by atoms with Gasteiger partial charge in [-0.15, -0.1) is 0 Å². The molecule has 3 rings (SSSR count). The van der Waals surface area contributed by atoms with E-state index in [9.17, 15) is 4.79 Å². The summed E-state index contributed by atoms with van der Waals surface area (Å²) >= 11 is 5.96. The van der Waals surface area contributed by atoms with E-state index in [0.29, 0.717) is 18.2 Å². The highest BCUT2D eigenvalue weighted by Crippen LogP contribution is 2.27. The molecule has 0 unspecified atom stereocenters. The van der Waals surface area contributed by atoms with Crippen molar-refractivity contribution in [1.82, 2.24) is 14.4 Å². The van der Waals surface area contributed by atoms with Gasteiger partial charge in [0, 0.05) is 23.0 Å². The van der Waals surface area contributed by atoms with Crippen LogP contribution < -0.4 is 4.74 Å². The van der Waals surface area contributed by atoms with Crippen LogP contribution in [-0.4, -0.2) is 60.9 Å². The van der Waals surface area contributed by atoms with Gasteiger partial charge < -0.3 is 14.2 Å². The third-order valence-electron chi connectivity index (χ3n) is 5.25. The van der Waals surface area contributed by atoms with Crippen LogP contribution in [0, 0.1) is 0 Å². The first-order valence-electron chi connectivity index (χ1n) is 10.2. The highest BCUT2D eigenvalue weighted by Gasteiger charge is 2.22. The van der Waals surface area contributed by atoms with Gasteiger partial charge in [-0.2, -0.15) is 0 Å². The predicted octanol–water partition coefficient (Wildman–Crippen LogP) is 4.48. The van der Waals surface area contributed by atoms with Gasteiger partial charge in [-0.25, -0.2) is 0 Å². The van der Waals surface area contributed by atoms with Gasteiger partial charge in [0.05, 0.1) is 17.8 Å². The maximum absolute atomic E-state index is 13.3. The summed E-state index contributed by atoms with van der Waals surface area (Å²) in [5.41, 5.74) is 2.67. The number of nitrogens with zero attached hydrogens (tertiary/aromatic N) is 3. The quantitative estimate of drug-likeness (QED) is 0.447. The van der Waals surface area contributed by atoms with Crippen LogP contribution in [0.4, 0.5) is 0 Å². The Balaban J connectivity index is 1.82. The third-order valence-corrected chi connectivity index (χ3v) is 5.51. The van der Waals surface area contributed by atoms with Crippen molar-refractivity contribution in [3.8, 4) is 5.75 Å². The van der Waals surface area contributed by atoms with Gasteiger partial charge in [0.1, 0.15) is 12.4 Å². The Bertz CT molecular complexity index is 996. The number of carbonyl (C=O) groups excluding carboxylic acids is 1. The Hall–Kier alpha value is -2.34. The number of ketones is 1. The number of likely N-dealkylation sites (N-methyl/N-ethyl adjacent to an activating group) is 1. The second-order valence-corrected chi connectivity index (χ2v) is 8.39. The van der Waals surface area contributed by atoms with E-state index in [2.05, 4.69) is 28.5 Å². The average Bonchev–Trinajstić information content (AvgIpc) is 2.99. The molecule has 1 heterocycles. The second kappa shape index (κ2) is 10.1. The molecule has 0 N–H and O–H groups in total. The number of aryl methyl sites for hydroxylation is 1. The summed E-state index contributed by atoms with van der Waals surface area (Å²) in [6.45, 7) is 2.59. The number of Topliss-reactive ketones (excluding diaryl/α,β-unsaturated/α-hetero) is 1. The molecule has 3 aromatic rings. The van der Waals surface area contributed by atoms with Crippen molar-refractivity contribution in [3.05, 3.63) is 64.8 Å². The summed E-state index contributed by atoms with van der Waals surface area (Å²) in [6.07, 6.45) is 1.03. The number of halogens is 1. The zero-order valence-electron chi connectivity index (χ0n) is 18.2. The smallest absolute Gasteiger partial charge is 0.179 e. The van der Waals surface area contributed by atoms with Crippen molar-refractivity contribution in [1.29, 1.82) is 0 Å². The van der Waals surface area contributed by atoms with Crippen LogP contribution in [-0.2, 0) is 13.7 Å². The molecule has 0 spiro atoms. The van der Waals surface area contributed by atoms with E-state index in [0.717, 1.165) is 47.4 Å². The molecule has 0 saturated heterocycles. The largest absolute Gasteiger partial charge is 0.487 e. The fourth-order valence-electron chi connectivity index (χ4n) is 3.67. The highest BCUT2D eigenvalue weighted by atomic mass is 35.5. The lowest BCUT2D eigenvalue weighted by Crippen LogP contribution is -2.29. The number of hydrogen-bond donors (Lipinski definition) is 0. The lowest BCUT2D eigenvalue weighted by atomic mass is 10.1. The van der Waals surface area contributed by atoms with E-state index >= 15 is 0 Å². The molecule has 160 valence electrons. The summed E-state index contributed by atoms with van der Waals surface area (Å²) in [6, 6.07) is 15.3. The first kappa shape index (κ1) is 22.3. The molecule has 0 atom stereocenters. The molecule has 0 aliphatic rings. The monoisotopic (exact) mass is 427 g/mol. The van der Waals surface area contributed by atoms with Gasteiger partial charge in [0.2, 0.25) is 0 Å². The molecule has 5 nitrogen and oxygen atoms in total. The topological polar surface area (TPSA) is 37.7 Å². The Morgan fingerprint density at radius 2 is 1.73 bits per heavy atom. The number of rotatable bonds is 10. The van der Waals surface area contributed by atoms with Crippen LogP contribution in [0.25, 0.3) is 10.9 Å². The van der Waals surface area contributed by atoms with Gasteiger partial charge in [-0.05, 0) is 71.0 Å². The first-order chi connectivity index (χ1) is 14.4. The summed E-state index contributed by atoms with van der Waals surface area (Å²) in [7, 11) is 8.12. The first-order valence-corrected chi connectivity index (χ1v) is 10.6. The Kier molecular flexibility index (Phi) is 7.53. The van der Waals surface area contributed by atoms with Crippen molar-refractivity contribution < 1.29 is 9.53 Å².